The molecule has 36 heavy (non-hydrogen) atoms. The standard InChI is InChI=1S/C28H21ClN4O3/c29-23-17-10-18-24(33(35)36)25(23)26-27(30-31-32(26)19-20-11-4-1-5-12-20)28(34,21-13-6-2-7-14-21)22-15-8-3-9-16-22/h1-18,34H,19H2. The number of aromatic nitrogens is 3. The molecule has 5 aromatic rings. The maximum Gasteiger partial charge on any atom is 0.280 e. The zero-order valence-electron chi connectivity index (χ0n) is 19.0. The van der Waals surface area contributed by atoms with E-state index >= 15 is 0 Å². The molecule has 5 rings (SSSR count). The Hall–Kier alpha value is -4.33. The molecule has 178 valence electrons. The van der Waals surface area contributed by atoms with Crippen molar-refractivity contribution in [2.24, 2.45) is 0 Å². The van der Waals surface area contributed by atoms with Gasteiger partial charge in [-0.25, -0.2) is 4.68 Å². The Morgan fingerprint density at radius 1 is 0.833 bits per heavy atom. The van der Waals surface area contributed by atoms with Gasteiger partial charge in [0.25, 0.3) is 5.69 Å². The van der Waals surface area contributed by atoms with Crippen LogP contribution in [0, 0.1) is 10.1 Å². The zero-order valence-corrected chi connectivity index (χ0v) is 19.8. The van der Waals surface area contributed by atoms with E-state index in [0.717, 1.165) is 5.56 Å². The summed E-state index contributed by atoms with van der Waals surface area (Å²) in [5.41, 5.74) is 0.582. The summed E-state index contributed by atoms with van der Waals surface area (Å²) in [5, 5.41) is 33.5. The summed E-state index contributed by atoms with van der Waals surface area (Å²) in [7, 11) is 0. The first-order valence-corrected chi connectivity index (χ1v) is 11.6. The van der Waals surface area contributed by atoms with Crippen molar-refractivity contribution in [1.82, 2.24) is 15.0 Å². The quantitative estimate of drug-likeness (QED) is 0.226. The molecule has 0 radical (unpaired) electrons. The molecule has 0 aliphatic rings. The van der Waals surface area contributed by atoms with Gasteiger partial charge in [-0.05, 0) is 22.8 Å². The van der Waals surface area contributed by atoms with Gasteiger partial charge in [-0.1, -0.05) is 114 Å². The van der Waals surface area contributed by atoms with E-state index in [1.165, 1.54) is 12.1 Å². The number of aliphatic hydroxyl groups is 1. The Kier molecular flexibility index (Phi) is 6.33. The number of hydrogen-bond donors (Lipinski definition) is 1. The van der Waals surface area contributed by atoms with Crippen LogP contribution in [0.5, 0.6) is 0 Å². The van der Waals surface area contributed by atoms with Gasteiger partial charge in [0.1, 0.15) is 11.4 Å². The highest BCUT2D eigenvalue weighted by Crippen LogP contribution is 2.44. The van der Waals surface area contributed by atoms with E-state index in [1.807, 2.05) is 66.7 Å². The minimum Gasteiger partial charge on any atom is -0.374 e. The second-order valence-corrected chi connectivity index (χ2v) is 8.67. The monoisotopic (exact) mass is 496 g/mol. The molecular weight excluding hydrogens is 476 g/mol. The lowest BCUT2D eigenvalue weighted by Gasteiger charge is -2.28. The molecular formula is C28H21ClN4O3. The number of rotatable bonds is 7. The molecule has 0 unspecified atom stereocenters. The van der Waals surface area contributed by atoms with Crippen molar-refractivity contribution in [3.63, 3.8) is 0 Å². The average molecular weight is 497 g/mol. The van der Waals surface area contributed by atoms with Gasteiger partial charge in [0.05, 0.1) is 22.1 Å². The third-order valence-corrected chi connectivity index (χ3v) is 6.38. The van der Waals surface area contributed by atoms with Gasteiger partial charge in [-0.3, -0.25) is 10.1 Å². The van der Waals surface area contributed by atoms with Gasteiger partial charge in [-0.2, -0.15) is 0 Å². The van der Waals surface area contributed by atoms with Crippen LogP contribution < -0.4 is 0 Å². The number of halogens is 1. The molecule has 1 N–H and O–H groups in total. The largest absolute Gasteiger partial charge is 0.374 e. The van der Waals surface area contributed by atoms with E-state index < -0.39 is 10.5 Å². The van der Waals surface area contributed by atoms with Gasteiger partial charge in [0.15, 0.2) is 5.60 Å². The van der Waals surface area contributed by atoms with E-state index in [0.29, 0.717) is 11.1 Å². The van der Waals surface area contributed by atoms with E-state index in [4.69, 9.17) is 11.6 Å². The van der Waals surface area contributed by atoms with Crippen molar-refractivity contribution in [1.29, 1.82) is 0 Å². The van der Waals surface area contributed by atoms with Crippen molar-refractivity contribution in [3.05, 3.63) is 147 Å². The molecule has 4 aromatic carbocycles. The Balaban J connectivity index is 1.85. The van der Waals surface area contributed by atoms with Crippen molar-refractivity contribution in [3.8, 4) is 11.3 Å². The smallest absolute Gasteiger partial charge is 0.280 e. The van der Waals surface area contributed by atoms with Crippen molar-refractivity contribution < 1.29 is 10.0 Å². The first-order valence-electron chi connectivity index (χ1n) is 11.2. The molecule has 0 atom stereocenters. The predicted molar refractivity (Wildman–Crippen MR) is 138 cm³/mol. The summed E-state index contributed by atoms with van der Waals surface area (Å²) in [6, 6.07) is 32.1. The molecule has 0 spiro atoms. The Bertz CT molecular complexity index is 1470. The first kappa shape index (κ1) is 23.4. The lowest BCUT2D eigenvalue weighted by atomic mass is 9.81. The van der Waals surface area contributed by atoms with Gasteiger partial charge < -0.3 is 5.11 Å². The summed E-state index contributed by atoms with van der Waals surface area (Å²) >= 11 is 6.60. The summed E-state index contributed by atoms with van der Waals surface area (Å²) < 4.78 is 1.55. The molecule has 8 heteroatoms. The van der Waals surface area contributed by atoms with Crippen molar-refractivity contribution in [2.75, 3.05) is 0 Å². The number of nitrogens with zero attached hydrogens (tertiary/aromatic N) is 4. The van der Waals surface area contributed by atoms with E-state index in [1.54, 1.807) is 35.0 Å². The van der Waals surface area contributed by atoms with Crippen LogP contribution in [0.4, 0.5) is 5.69 Å². The summed E-state index contributed by atoms with van der Waals surface area (Å²) in [6.45, 7) is 0.269. The first-order chi connectivity index (χ1) is 17.5. The normalized spacial score (nSPS) is 11.4. The number of benzene rings is 4. The van der Waals surface area contributed by atoms with Gasteiger partial charge in [0.2, 0.25) is 0 Å². The highest BCUT2D eigenvalue weighted by Gasteiger charge is 2.41. The minimum absolute atomic E-state index is 0.144. The number of nitro benzene ring substituents is 1. The zero-order chi connectivity index (χ0) is 25.1. The van der Waals surface area contributed by atoms with Crippen LogP contribution in [-0.2, 0) is 12.1 Å². The molecule has 0 saturated carbocycles. The minimum atomic E-state index is -1.76. The SMILES string of the molecule is O=[N+]([O-])c1cccc(Cl)c1-c1c(C(O)(c2ccccc2)c2ccccc2)nnn1Cc1ccccc1. The molecule has 7 nitrogen and oxygen atoms in total. The van der Waals surface area contributed by atoms with Gasteiger partial charge in [0, 0.05) is 6.07 Å². The number of hydrogen-bond acceptors (Lipinski definition) is 5. The molecule has 0 saturated heterocycles. The van der Waals surface area contributed by atoms with Crippen LogP contribution in [0.25, 0.3) is 11.3 Å². The molecule has 0 amide bonds. The third-order valence-electron chi connectivity index (χ3n) is 6.06. The fourth-order valence-electron chi connectivity index (χ4n) is 4.37. The molecule has 0 aliphatic heterocycles. The topological polar surface area (TPSA) is 94.1 Å². The maximum absolute atomic E-state index is 12.4. The van der Waals surface area contributed by atoms with E-state index in [2.05, 4.69) is 10.3 Å². The fraction of sp³-hybridized carbons (Fsp3) is 0.0714. The maximum atomic E-state index is 12.4. The van der Waals surface area contributed by atoms with Crippen molar-refractivity contribution >= 4 is 17.3 Å². The van der Waals surface area contributed by atoms with Crippen LogP contribution in [0.3, 0.4) is 0 Å². The Labute approximate surface area is 212 Å². The Morgan fingerprint density at radius 2 is 1.39 bits per heavy atom. The molecule has 0 fully saturated rings. The predicted octanol–water partition coefficient (Wildman–Crippen LogP) is 5.84. The average Bonchev–Trinajstić information content (AvgIpc) is 3.33. The molecule has 0 bridgehead atoms. The summed E-state index contributed by atoms with van der Waals surface area (Å²) in [6.07, 6.45) is 0. The highest BCUT2D eigenvalue weighted by molar-refractivity contribution is 6.33. The van der Waals surface area contributed by atoms with Crippen molar-refractivity contribution in [2.45, 2.75) is 12.1 Å². The lowest BCUT2D eigenvalue weighted by Crippen LogP contribution is -2.30. The lowest BCUT2D eigenvalue weighted by molar-refractivity contribution is -0.384. The fourth-order valence-corrected chi connectivity index (χ4v) is 4.63. The molecule has 1 heterocycles. The number of nitro groups is 1. The van der Waals surface area contributed by atoms with Crippen LogP contribution >= 0.6 is 11.6 Å². The Morgan fingerprint density at radius 3 is 1.94 bits per heavy atom. The van der Waals surface area contributed by atoms with Gasteiger partial charge in [-0.15, -0.1) is 5.10 Å². The van der Waals surface area contributed by atoms with Crippen LogP contribution in [0.2, 0.25) is 5.02 Å². The molecule has 0 aliphatic carbocycles. The second kappa shape index (κ2) is 9.73. The van der Waals surface area contributed by atoms with E-state index in [-0.39, 0.29) is 34.2 Å². The summed E-state index contributed by atoms with van der Waals surface area (Å²) in [5.74, 6) is 0. The van der Waals surface area contributed by atoms with Crippen LogP contribution in [-0.4, -0.2) is 25.0 Å². The molecule has 1 aromatic heterocycles. The third kappa shape index (κ3) is 4.15. The van der Waals surface area contributed by atoms with Crippen LogP contribution in [0.1, 0.15) is 22.4 Å². The second-order valence-electron chi connectivity index (χ2n) is 8.26. The van der Waals surface area contributed by atoms with Gasteiger partial charge >= 0.3 is 0 Å². The van der Waals surface area contributed by atoms with E-state index in [9.17, 15) is 15.2 Å². The van der Waals surface area contributed by atoms with Crippen LogP contribution in [0.15, 0.2) is 109 Å². The summed E-state index contributed by atoms with van der Waals surface area (Å²) in [4.78, 5) is 11.6. The highest BCUT2D eigenvalue weighted by atomic mass is 35.5.